The van der Waals surface area contributed by atoms with Crippen LogP contribution in [0.15, 0.2) is 24.3 Å². The number of anilines is 1. The molecule has 2 N–H and O–H groups in total. The van der Waals surface area contributed by atoms with Gasteiger partial charge in [-0.15, -0.1) is 25.6 Å². The van der Waals surface area contributed by atoms with E-state index in [-0.39, 0.29) is 24.1 Å². The molecule has 1 fully saturated rings. The molecule has 0 bridgehead atoms. The summed E-state index contributed by atoms with van der Waals surface area (Å²) in [6, 6.07) is 4.99. The molecule has 1 heterocycles. The topological polar surface area (TPSA) is 59.6 Å². The Labute approximate surface area is 137 Å². The van der Waals surface area contributed by atoms with Crippen molar-refractivity contribution in [2.75, 3.05) is 25.5 Å². The highest BCUT2D eigenvalue weighted by atomic mass is 35.5. The maximum Gasteiger partial charge on any atom is 0.573 e. The Morgan fingerprint density at radius 3 is 2.26 bits per heavy atom. The zero-order valence-electron chi connectivity index (χ0n) is 12.4. The Balaban J connectivity index is 0.00000264. The molecule has 0 saturated carbocycles. The van der Waals surface area contributed by atoms with Crippen molar-refractivity contribution < 1.29 is 27.4 Å². The van der Waals surface area contributed by atoms with Crippen molar-refractivity contribution in [3.8, 4) is 5.75 Å². The predicted molar refractivity (Wildman–Crippen MR) is 80.8 cm³/mol. The normalized spacial score (nSPS) is 17.0. The van der Waals surface area contributed by atoms with Gasteiger partial charge < -0.3 is 20.1 Å². The molecule has 130 valence electrons. The minimum Gasteiger partial charge on any atom is -0.406 e. The van der Waals surface area contributed by atoms with Gasteiger partial charge in [0, 0.05) is 12.8 Å². The summed E-state index contributed by atoms with van der Waals surface area (Å²) < 4.78 is 45.4. The highest BCUT2D eigenvalue weighted by Gasteiger charge is 2.39. The number of carbonyl (C=O) groups is 1. The number of alkyl halides is 3. The van der Waals surface area contributed by atoms with E-state index in [1.807, 2.05) is 0 Å². The summed E-state index contributed by atoms with van der Waals surface area (Å²) in [5.74, 6) is -0.644. The van der Waals surface area contributed by atoms with Gasteiger partial charge in [-0.25, -0.2) is 0 Å². The van der Waals surface area contributed by atoms with E-state index in [0.29, 0.717) is 31.6 Å². The molecule has 1 aromatic carbocycles. The van der Waals surface area contributed by atoms with Crippen LogP contribution in [0.2, 0.25) is 0 Å². The number of ether oxygens (including phenoxy) is 2. The lowest BCUT2D eigenvalue weighted by molar-refractivity contribution is -0.274. The summed E-state index contributed by atoms with van der Waals surface area (Å²) in [5.41, 5.74) is -0.527. The first kappa shape index (κ1) is 19.5. The number of amides is 1. The maximum absolute atomic E-state index is 12.4. The fourth-order valence-electron chi connectivity index (χ4n) is 2.34. The predicted octanol–water partition coefficient (Wildman–Crippen LogP) is 2.71. The van der Waals surface area contributed by atoms with E-state index in [0.717, 1.165) is 12.1 Å². The van der Waals surface area contributed by atoms with Gasteiger partial charge in [-0.2, -0.15) is 0 Å². The Kier molecular flexibility index (Phi) is 6.67. The molecule has 0 atom stereocenters. The summed E-state index contributed by atoms with van der Waals surface area (Å²) >= 11 is 0. The lowest BCUT2D eigenvalue weighted by Crippen LogP contribution is -2.51. The number of rotatable bonds is 4. The quantitative estimate of drug-likeness (QED) is 0.873. The first-order valence-electron chi connectivity index (χ1n) is 6.78. The summed E-state index contributed by atoms with van der Waals surface area (Å²) in [7, 11) is 1.48. The van der Waals surface area contributed by atoms with Gasteiger partial charge in [0.1, 0.15) is 11.4 Å². The van der Waals surface area contributed by atoms with E-state index in [4.69, 9.17) is 4.74 Å². The molecule has 1 amide bonds. The molecule has 1 saturated heterocycles. The van der Waals surface area contributed by atoms with Crippen molar-refractivity contribution in [2.24, 2.45) is 0 Å². The fraction of sp³-hybridized carbons (Fsp3) is 0.500. The summed E-state index contributed by atoms with van der Waals surface area (Å²) in [6.07, 6.45) is -3.67. The summed E-state index contributed by atoms with van der Waals surface area (Å²) in [6.45, 7) is 1.33. The number of hydrogen-bond acceptors (Lipinski definition) is 4. The van der Waals surface area contributed by atoms with Crippen molar-refractivity contribution in [2.45, 2.75) is 24.8 Å². The Morgan fingerprint density at radius 1 is 1.22 bits per heavy atom. The van der Waals surface area contributed by atoms with Gasteiger partial charge in [0.15, 0.2) is 0 Å². The van der Waals surface area contributed by atoms with E-state index in [9.17, 15) is 18.0 Å². The first-order valence-corrected chi connectivity index (χ1v) is 6.78. The molecule has 1 aromatic rings. The molecule has 0 unspecified atom stereocenters. The molecular weight excluding hydrogens is 337 g/mol. The van der Waals surface area contributed by atoms with E-state index in [2.05, 4.69) is 15.4 Å². The van der Waals surface area contributed by atoms with Gasteiger partial charge in [-0.3, -0.25) is 4.79 Å². The van der Waals surface area contributed by atoms with Crippen LogP contribution >= 0.6 is 12.4 Å². The van der Waals surface area contributed by atoms with Crippen LogP contribution in [-0.4, -0.2) is 38.1 Å². The zero-order chi connectivity index (χ0) is 16.2. The number of methoxy groups -OCH3 is 1. The van der Waals surface area contributed by atoms with Crippen LogP contribution in [0.25, 0.3) is 0 Å². The third kappa shape index (κ3) is 5.26. The molecule has 0 aliphatic carbocycles. The number of piperidine rings is 1. The van der Waals surface area contributed by atoms with Crippen molar-refractivity contribution in [1.29, 1.82) is 0 Å². The van der Waals surface area contributed by atoms with Crippen LogP contribution in [-0.2, 0) is 9.53 Å². The van der Waals surface area contributed by atoms with Crippen LogP contribution in [0.3, 0.4) is 0 Å². The molecular formula is C14H18ClF3N2O3. The van der Waals surface area contributed by atoms with Crippen LogP contribution in [0, 0.1) is 0 Å². The minimum atomic E-state index is -4.74. The second-order valence-corrected chi connectivity index (χ2v) is 4.97. The van der Waals surface area contributed by atoms with E-state index in [1.54, 1.807) is 0 Å². The van der Waals surface area contributed by atoms with Crippen molar-refractivity contribution in [1.82, 2.24) is 5.32 Å². The van der Waals surface area contributed by atoms with Crippen molar-refractivity contribution in [3.05, 3.63) is 24.3 Å². The highest BCUT2D eigenvalue weighted by Crippen LogP contribution is 2.27. The van der Waals surface area contributed by atoms with Gasteiger partial charge in [-0.1, -0.05) is 0 Å². The molecule has 23 heavy (non-hydrogen) atoms. The second-order valence-electron chi connectivity index (χ2n) is 4.97. The van der Waals surface area contributed by atoms with Crippen LogP contribution in [0.1, 0.15) is 12.8 Å². The number of hydrogen-bond donors (Lipinski definition) is 2. The van der Waals surface area contributed by atoms with Crippen LogP contribution < -0.4 is 15.4 Å². The van der Waals surface area contributed by atoms with E-state index in [1.165, 1.54) is 19.2 Å². The SMILES string of the molecule is COC1(C(=O)Nc2ccc(OC(F)(F)F)cc2)CCNCC1.Cl. The average molecular weight is 355 g/mol. The lowest BCUT2D eigenvalue weighted by Gasteiger charge is -2.34. The van der Waals surface area contributed by atoms with Gasteiger partial charge in [-0.05, 0) is 50.2 Å². The Hall–Kier alpha value is -1.51. The molecule has 5 nitrogen and oxygen atoms in total. The summed E-state index contributed by atoms with van der Waals surface area (Å²) in [5, 5.41) is 5.80. The number of benzene rings is 1. The molecule has 0 radical (unpaired) electrons. The van der Waals surface area contributed by atoms with E-state index >= 15 is 0 Å². The van der Waals surface area contributed by atoms with Crippen molar-refractivity contribution in [3.63, 3.8) is 0 Å². The third-order valence-corrected chi connectivity index (χ3v) is 3.56. The standard InChI is InChI=1S/C14H17F3N2O3.ClH/c1-21-13(6-8-18-9-7-13)12(20)19-10-2-4-11(5-3-10)22-14(15,16)17;/h2-5,18H,6-9H2,1H3,(H,19,20);1H. The van der Waals surface area contributed by atoms with Gasteiger partial charge in [0.05, 0.1) is 0 Å². The maximum atomic E-state index is 12.4. The minimum absolute atomic E-state index is 0. The average Bonchev–Trinajstić information content (AvgIpc) is 2.48. The van der Waals surface area contributed by atoms with Crippen molar-refractivity contribution >= 4 is 24.0 Å². The number of carbonyl (C=O) groups excluding carboxylic acids is 1. The van der Waals surface area contributed by atoms with Crippen LogP contribution in [0.5, 0.6) is 5.75 Å². The molecule has 1 aliphatic heterocycles. The molecule has 2 rings (SSSR count). The Bertz CT molecular complexity index is 517. The molecule has 1 aliphatic rings. The van der Waals surface area contributed by atoms with Crippen LogP contribution in [0.4, 0.5) is 18.9 Å². The Morgan fingerprint density at radius 2 is 1.78 bits per heavy atom. The van der Waals surface area contributed by atoms with E-state index < -0.39 is 12.0 Å². The molecule has 9 heteroatoms. The number of nitrogens with one attached hydrogen (secondary N) is 2. The summed E-state index contributed by atoms with van der Waals surface area (Å²) in [4.78, 5) is 12.4. The lowest BCUT2D eigenvalue weighted by atomic mass is 9.91. The second kappa shape index (κ2) is 7.85. The molecule has 0 spiro atoms. The monoisotopic (exact) mass is 354 g/mol. The largest absolute Gasteiger partial charge is 0.573 e. The van der Waals surface area contributed by atoms with Gasteiger partial charge in [0.25, 0.3) is 5.91 Å². The highest BCUT2D eigenvalue weighted by molar-refractivity contribution is 5.97. The first-order chi connectivity index (χ1) is 10.3. The van der Waals surface area contributed by atoms with Gasteiger partial charge >= 0.3 is 6.36 Å². The fourth-order valence-corrected chi connectivity index (χ4v) is 2.34. The number of halogens is 4. The molecule has 0 aromatic heterocycles. The van der Waals surface area contributed by atoms with Gasteiger partial charge in [0.2, 0.25) is 0 Å². The zero-order valence-corrected chi connectivity index (χ0v) is 13.2. The third-order valence-electron chi connectivity index (χ3n) is 3.56. The smallest absolute Gasteiger partial charge is 0.406 e.